The molecule has 3 heteroatoms. The molecule has 2 aromatic carbocycles. The van der Waals surface area contributed by atoms with Crippen LogP contribution in [0.25, 0.3) is 0 Å². The monoisotopic (exact) mass is 346 g/mol. The van der Waals surface area contributed by atoms with E-state index in [2.05, 4.69) is 46.3 Å². The van der Waals surface area contributed by atoms with E-state index in [0.717, 1.165) is 24.5 Å². The standard InChI is InChI=1S/C18H19BrO2/c1-12(2)21-16-5-3-4-14(11-16)18(19)15-6-7-17-13(10-15)8-9-20-17/h3-7,10-12,18H,8-9H2,1-2H3. The van der Waals surface area contributed by atoms with Gasteiger partial charge in [0.1, 0.15) is 11.5 Å². The lowest BCUT2D eigenvalue weighted by Crippen LogP contribution is -2.05. The predicted octanol–water partition coefficient (Wildman–Crippen LogP) is 4.89. The molecule has 1 unspecified atom stereocenters. The molecule has 2 nitrogen and oxygen atoms in total. The molecule has 1 heterocycles. The van der Waals surface area contributed by atoms with E-state index in [1.807, 2.05) is 26.0 Å². The number of hydrogen-bond donors (Lipinski definition) is 0. The Labute approximate surface area is 134 Å². The summed E-state index contributed by atoms with van der Waals surface area (Å²) in [6.45, 7) is 4.88. The second-order valence-corrected chi connectivity index (χ2v) is 6.48. The number of halogens is 1. The molecule has 0 radical (unpaired) electrons. The molecule has 110 valence electrons. The average molecular weight is 347 g/mol. The highest BCUT2D eigenvalue weighted by molar-refractivity contribution is 9.09. The first kappa shape index (κ1) is 14.5. The lowest BCUT2D eigenvalue weighted by atomic mass is 10.0. The topological polar surface area (TPSA) is 18.5 Å². The molecule has 0 saturated heterocycles. The van der Waals surface area contributed by atoms with E-state index in [1.54, 1.807) is 0 Å². The van der Waals surface area contributed by atoms with Crippen molar-refractivity contribution in [3.05, 3.63) is 59.2 Å². The third-order valence-corrected chi connectivity index (χ3v) is 4.59. The summed E-state index contributed by atoms with van der Waals surface area (Å²) < 4.78 is 11.3. The summed E-state index contributed by atoms with van der Waals surface area (Å²) in [5.74, 6) is 1.94. The molecule has 1 aliphatic heterocycles. The summed E-state index contributed by atoms with van der Waals surface area (Å²) in [5, 5.41) is 0. The second-order valence-electron chi connectivity index (χ2n) is 5.57. The fourth-order valence-electron chi connectivity index (χ4n) is 2.57. The van der Waals surface area contributed by atoms with Gasteiger partial charge in [-0.2, -0.15) is 0 Å². The van der Waals surface area contributed by atoms with Crippen LogP contribution in [0.5, 0.6) is 11.5 Å². The molecule has 1 atom stereocenters. The Hall–Kier alpha value is -1.48. The first-order valence-electron chi connectivity index (χ1n) is 7.30. The van der Waals surface area contributed by atoms with Crippen LogP contribution in [-0.4, -0.2) is 12.7 Å². The zero-order valence-electron chi connectivity index (χ0n) is 12.3. The van der Waals surface area contributed by atoms with Crippen molar-refractivity contribution in [2.45, 2.75) is 31.2 Å². The first-order chi connectivity index (χ1) is 10.1. The van der Waals surface area contributed by atoms with Crippen molar-refractivity contribution in [2.24, 2.45) is 0 Å². The summed E-state index contributed by atoms with van der Waals surface area (Å²) in [4.78, 5) is 0.166. The Morgan fingerprint density at radius 3 is 2.71 bits per heavy atom. The highest BCUT2D eigenvalue weighted by Gasteiger charge is 2.17. The minimum atomic E-state index is 0.166. The van der Waals surface area contributed by atoms with Gasteiger partial charge in [-0.05, 0) is 48.7 Å². The van der Waals surface area contributed by atoms with E-state index in [4.69, 9.17) is 9.47 Å². The van der Waals surface area contributed by atoms with Gasteiger partial charge in [0, 0.05) is 6.42 Å². The molecular weight excluding hydrogens is 328 g/mol. The van der Waals surface area contributed by atoms with Crippen molar-refractivity contribution < 1.29 is 9.47 Å². The van der Waals surface area contributed by atoms with Crippen LogP contribution in [0.3, 0.4) is 0 Å². The number of alkyl halides is 1. The molecule has 2 aromatic rings. The summed E-state index contributed by atoms with van der Waals surface area (Å²) in [6, 6.07) is 14.7. The van der Waals surface area contributed by atoms with Crippen LogP contribution in [0.2, 0.25) is 0 Å². The van der Waals surface area contributed by atoms with Crippen LogP contribution in [0.1, 0.15) is 35.4 Å². The van der Waals surface area contributed by atoms with Gasteiger partial charge < -0.3 is 9.47 Å². The Morgan fingerprint density at radius 2 is 1.90 bits per heavy atom. The summed E-state index contributed by atoms with van der Waals surface area (Å²) in [6.07, 6.45) is 1.19. The molecule has 0 fully saturated rings. The van der Waals surface area contributed by atoms with Gasteiger partial charge in [-0.3, -0.25) is 0 Å². The summed E-state index contributed by atoms with van der Waals surface area (Å²) >= 11 is 3.81. The Bertz CT molecular complexity index is 637. The number of ether oxygens (including phenoxy) is 2. The Balaban J connectivity index is 1.86. The molecule has 0 aliphatic carbocycles. The maximum Gasteiger partial charge on any atom is 0.122 e. The number of rotatable bonds is 4. The van der Waals surface area contributed by atoms with E-state index in [-0.39, 0.29) is 10.9 Å². The number of benzene rings is 2. The molecule has 0 amide bonds. The van der Waals surface area contributed by atoms with Crippen molar-refractivity contribution in [2.75, 3.05) is 6.61 Å². The van der Waals surface area contributed by atoms with E-state index in [9.17, 15) is 0 Å². The highest BCUT2D eigenvalue weighted by atomic mass is 79.9. The van der Waals surface area contributed by atoms with Gasteiger partial charge in [0.2, 0.25) is 0 Å². The molecule has 0 N–H and O–H groups in total. The van der Waals surface area contributed by atoms with E-state index < -0.39 is 0 Å². The van der Waals surface area contributed by atoms with Crippen LogP contribution < -0.4 is 9.47 Å². The van der Waals surface area contributed by atoms with Crippen LogP contribution >= 0.6 is 15.9 Å². The van der Waals surface area contributed by atoms with Gasteiger partial charge >= 0.3 is 0 Å². The maximum atomic E-state index is 5.77. The lowest BCUT2D eigenvalue weighted by molar-refractivity contribution is 0.242. The van der Waals surface area contributed by atoms with Gasteiger partial charge in [0.05, 0.1) is 17.5 Å². The smallest absolute Gasteiger partial charge is 0.122 e. The van der Waals surface area contributed by atoms with Crippen molar-refractivity contribution >= 4 is 15.9 Å². The molecule has 1 aliphatic rings. The van der Waals surface area contributed by atoms with E-state index >= 15 is 0 Å². The molecule has 21 heavy (non-hydrogen) atoms. The molecule has 0 saturated carbocycles. The summed E-state index contributed by atoms with van der Waals surface area (Å²) in [5.41, 5.74) is 3.75. The van der Waals surface area contributed by atoms with Gasteiger partial charge in [0.15, 0.2) is 0 Å². The van der Waals surface area contributed by atoms with Crippen LogP contribution in [0, 0.1) is 0 Å². The fourth-order valence-corrected chi connectivity index (χ4v) is 3.14. The normalized spacial score (nSPS) is 14.7. The molecule has 3 rings (SSSR count). The minimum Gasteiger partial charge on any atom is -0.493 e. The maximum absolute atomic E-state index is 5.77. The Kier molecular flexibility index (Phi) is 4.20. The van der Waals surface area contributed by atoms with Gasteiger partial charge in [-0.1, -0.05) is 40.2 Å². The summed E-state index contributed by atoms with van der Waals surface area (Å²) in [7, 11) is 0. The van der Waals surface area contributed by atoms with Crippen LogP contribution in [-0.2, 0) is 6.42 Å². The van der Waals surface area contributed by atoms with Gasteiger partial charge in [0.25, 0.3) is 0 Å². The number of hydrogen-bond acceptors (Lipinski definition) is 2. The quantitative estimate of drug-likeness (QED) is 0.733. The molecular formula is C18H19BrO2. The third kappa shape index (κ3) is 3.24. The minimum absolute atomic E-state index is 0.166. The van der Waals surface area contributed by atoms with Crippen molar-refractivity contribution in [3.63, 3.8) is 0 Å². The van der Waals surface area contributed by atoms with E-state index in [0.29, 0.717) is 0 Å². The van der Waals surface area contributed by atoms with Gasteiger partial charge in [-0.15, -0.1) is 0 Å². The van der Waals surface area contributed by atoms with Crippen LogP contribution in [0.4, 0.5) is 0 Å². The number of fused-ring (bicyclic) bond motifs is 1. The lowest BCUT2D eigenvalue weighted by Gasteiger charge is -2.15. The second kappa shape index (κ2) is 6.10. The predicted molar refractivity (Wildman–Crippen MR) is 88.6 cm³/mol. The Morgan fingerprint density at radius 1 is 1.10 bits per heavy atom. The molecule has 0 bridgehead atoms. The third-order valence-electron chi connectivity index (χ3n) is 3.53. The van der Waals surface area contributed by atoms with Crippen molar-refractivity contribution in [1.82, 2.24) is 0 Å². The SMILES string of the molecule is CC(C)Oc1cccc(C(Br)c2ccc3c(c2)CCO3)c1. The van der Waals surface area contributed by atoms with Crippen LogP contribution in [0.15, 0.2) is 42.5 Å². The van der Waals surface area contributed by atoms with E-state index in [1.165, 1.54) is 16.7 Å². The van der Waals surface area contributed by atoms with Crippen molar-refractivity contribution in [1.29, 1.82) is 0 Å². The zero-order chi connectivity index (χ0) is 14.8. The molecule has 0 spiro atoms. The van der Waals surface area contributed by atoms with Crippen molar-refractivity contribution in [3.8, 4) is 11.5 Å². The highest BCUT2D eigenvalue weighted by Crippen LogP contribution is 2.36. The average Bonchev–Trinajstić information content (AvgIpc) is 2.93. The first-order valence-corrected chi connectivity index (χ1v) is 8.21. The zero-order valence-corrected chi connectivity index (χ0v) is 13.9. The fraction of sp³-hybridized carbons (Fsp3) is 0.333. The molecule has 0 aromatic heterocycles. The van der Waals surface area contributed by atoms with Gasteiger partial charge in [-0.25, -0.2) is 0 Å². The largest absolute Gasteiger partial charge is 0.493 e.